The Morgan fingerprint density at radius 2 is 1.14 bits per heavy atom. The maximum Gasteiger partial charge on any atom is 0.589 e. The molecule has 1 unspecified atom stereocenters. The summed E-state index contributed by atoms with van der Waals surface area (Å²) in [7, 11) is -4.21. The molecule has 0 saturated heterocycles. The van der Waals surface area contributed by atoms with Crippen molar-refractivity contribution >= 4 is 7.82 Å². The maximum atomic E-state index is 14.1. The van der Waals surface area contributed by atoms with Gasteiger partial charge in [0.2, 0.25) is 0 Å². The second-order valence-electron chi connectivity index (χ2n) is 7.65. The lowest BCUT2D eigenvalue weighted by atomic mass is 10.1. The summed E-state index contributed by atoms with van der Waals surface area (Å²) in [6.45, 7) is 5.50. The number of phosphoric acid groups is 1. The monoisotopic (exact) mass is 486 g/mol. The molecule has 0 radical (unpaired) electrons. The van der Waals surface area contributed by atoms with Crippen molar-refractivity contribution in [1.82, 2.24) is 0 Å². The molecule has 35 heavy (non-hydrogen) atoms. The number of hydrogen-bond donors (Lipinski definition) is 0. The summed E-state index contributed by atoms with van der Waals surface area (Å²) in [5.41, 5.74) is 3.35. The van der Waals surface area contributed by atoms with Gasteiger partial charge < -0.3 is 13.8 Å². The number of phosphoric ester groups is 1. The van der Waals surface area contributed by atoms with Gasteiger partial charge in [0.15, 0.2) is 6.29 Å². The van der Waals surface area contributed by atoms with Crippen LogP contribution in [0.3, 0.4) is 0 Å². The van der Waals surface area contributed by atoms with Crippen LogP contribution in [0.5, 0.6) is 11.5 Å². The summed E-state index contributed by atoms with van der Waals surface area (Å²) in [5.74, 6) is 0.741. The van der Waals surface area contributed by atoms with Crippen LogP contribution in [-0.4, -0.2) is 12.9 Å². The SMILES string of the molecule is C=CCOC(C)OP(=O)(Oc1ccccc1-c1ccccc1)Oc1ccccc1-c1ccccc1. The van der Waals surface area contributed by atoms with E-state index in [0.717, 1.165) is 22.3 Å². The van der Waals surface area contributed by atoms with Gasteiger partial charge in [-0.25, -0.2) is 9.09 Å². The molecule has 4 aromatic carbocycles. The van der Waals surface area contributed by atoms with E-state index in [4.69, 9.17) is 18.3 Å². The first-order valence-corrected chi connectivity index (χ1v) is 12.7. The van der Waals surface area contributed by atoms with Crippen molar-refractivity contribution in [2.24, 2.45) is 0 Å². The Balaban J connectivity index is 1.71. The number of para-hydroxylation sites is 2. The summed E-state index contributed by atoms with van der Waals surface area (Å²) in [4.78, 5) is 0. The molecule has 5 nitrogen and oxygen atoms in total. The molecule has 4 rings (SSSR count). The van der Waals surface area contributed by atoms with Crippen LogP contribution < -0.4 is 9.05 Å². The third kappa shape index (κ3) is 6.49. The first-order valence-electron chi connectivity index (χ1n) is 11.3. The number of rotatable bonds is 11. The fourth-order valence-corrected chi connectivity index (χ4v) is 4.87. The van der Waals surface area contributed by atoms with Crippen molar-refractivity contribution in [3.05, 3.63) is 122 Å². The summed E-state index contributed by atoms with van der Waals surface area (Å²) in [5, 5.41) is 0. The quantitative estimate of drug-likeness (QED) is 0.122. The average Bonchev–Trinajstić information content (AvgIpc) is 2.89. The molecule has 0 N–H and O–H groups in total. The maximum absolute atomic E-state index is 14.1. The van der Waals surface area contributed by atoms with Crippen LogP contribution in [0.1, 0.15) is 6.92 Å². The molecule has 0 fully saturated rings. The Bertz CT molecular complexity index is 1200. The van der Waals surface area contributed by atoms with E-state index < -0.39 is 14.1 Å². The van der Waals surface area contributed by atoms with Crippen molar-refractivity contribution in [1.29, 1.82) is 0 Å². The van der Waals surface area contributed by atoms with E-state index in [1.54, 1.807) is 25.1 Å². The lowest BCUT2D eigenvalue weighted by molar-refractivity contribution is -0.0663. The minimum Gasteiger partial charge on any atom is -0.394 e. The van der Waals surface area contributed by atoms with Crippen LogP contribution >= 0.6 is 7.82 Å². The van der Waals surface area contributed by atoms with Crippen molar-refractivity contribution in [2.45, 2.75) is 13.2 Å². The van der Waals surface area contributed by atoms with Crippen molar-refractivity contribution in [3.8, 4) is 33.8 Å². The van der Waals surface area contributed by atoms with Gasteiger partial charge in [-0.05, 0) is 30.2 Å². The molecule has 178 valence electrons. The van der Waals surface area contributed by atoms with Crippen LogP contribution in [0, 0.1) is 0 Å². The number of benzene rings is 4. The van der Waals surface area contributed by atoms with Gasteiger partial charge in [-0.1, -0.05) is 103 Å². The molecule has 6 heteroatoms. The van der Waals surface area contributed by atoms with Gasteiger partial charge in [0.05, 0.1) is 6.61 Å². The highest BCUT2D eigenvalue weighted by molar-refractivity contribution is 7.49. The molecule has 4 aromatic rings. The van der Waals surface area contributed by atoms with Gasteiger partial charge in [0.1, 0.15) is 11.5 Å². The smallest absolute Gasteiger partial charge is 0.394 e. The lowest BCUT2D eigenvalue weighted by Gasteiger charge is -2.24. The van der Waals surface area contributed by atoms with E-state index in [2.05, 4.69) is 6.58 Å². The van der Waals surface area contributed by atoms with Crippen molar-refractivity contribution in [3.63, 3.8) is 0 Å². The van der Waals surface area contributed by atoms with Crippen LogP contribution in [0.25, 0.3) is 22.3 Å². The molecule has 0 heterocycles. The Labute approximate surface area is 206 Å². The zero-order chi connectivity index (χ0) is 24.5. The molecule has 0 aromatic heterocycles. The second kappa shape index (κ2) is 11.7. The molecule has 0 spiro atoms. The summed E-state index contributed by atoms with van der Waals surface area (Å²) in [6, 6.07) is 34.1. The molecular weight excluding hydrogens is 459 g/mol. The Kier molecular flexibility index (Phi) is 8.17. The molecular formula is C29H27O5P. The molecule has 0 aliphatic heterocycles. The fraction of sp³-hybridized carbons (Fsp3) is 0.103. The molecule has 0 amide bonds. The standard InChI is InChI=1S/C29H27O5P/c1-3-22-31-23(2)32-35(30,33-28-20-12-10-18-26(28)24-14-6-4-7-15-24)34-29-21-13-11-19-27(29)25-16-8-5-9-17-25/h3-21,23H,1,22H2,2H3. The van der Waals surface area contributed by atoms with Crippen LogP contribution in [-0.2, 0) is 13.8 Å². The van der Waals surface area contributed by atoms with Gasteiger partial charge in [-0.2, -0.15) is 0 Å². The molecule has 0 saturated carbocycles. The van der Waals surface area contributed by atoms with Crippen molar-refractivity contribution in [2.75, 3.05) is 6.61 Å². The van der Waals surface area contributed by atoms with Gasteiger partial charge in [-0.3, -0.25) is 0 Å². The summed E-state index contributed by atoms with van der Waals surface area (Å²) in [6.07, 6.45) is 0.716. The van der Waals surface area contributed by atoms with E-state index in [1.807, 2.05) is 97.1 Å². The van der Waals surface area contributed by atoms with Crippen LogP contribution in [0.15, 0.2) is 122 Å². The van der Waals surface area contributed by atoms with E-state index >= 15 is 0 Å². The van der Waals surface area contributed by atoms with Crippen LogP contribution in [0.4, 0.5) is 0 Å². The third-order valence-electron chi connectivity index (χ3n) is 5.09. The first kappa shape index (κ1) is 24.5. The largest absolute Gasteiger partial charge is 0.589 e. The van der Waals surface area contributed by atoms with E-state index in [1.165, 1.54) is 0 Å². The van der Waals surface area contributed by atoms with E-state index in [9.17, 15) is 4.57 Å². The predicted octanol–water partition coefficient (Wildman–Crippen LogP) is 8.15. The predicted molar refractivity (Wildman–Crippen MR) is 139 cm³/mol. The Morgan fingerprint density at radius 1 is 0.714 bits per heavy atom. The minimum absolute atomic E-state index is 0.225. The van der Waals surface area contributed by atoms with Gasteiger partial charge in [-0.15, -0.1) is 6.58 Å². The number of ether oxygens (including phenoxy) is 1. The molecule has 0 bridgehead atoms. The van der Waals surface area contributed by atoms with E-state index in [0.29, 0.717) is 11.5 Å². The Morgan fingerprint density at radius 3 is 1.60 bits per heavy atom. The van der Waals surface area contributed by atoms with Crippen LogP contribution in [0.2, 0.25) is 0 Å². The second-order valence-corrected chi connectivity index (χ2v) is 9.12. The highest BCUT2D eigenvalue weighted by Gasteiger charge is 2.35. The van der Waals surface area contributed by atoms with Crippen molar-refractivity contribution < 1.29 is 22.9 Å². The topological polar surface area (TPSA) is 54.0 Å². The van der Waals surface area contributed by atoms with Gasteiger partial charge >= 0.3 is 7.82 Å². The third-order valence-corrected chi connectivity index (χ3v) is 6.49. The highest BCUT2D eigenvalue weighted by Crippen LogP contribution is 2.53. The summed E-state index contributed by atoms with van der Waals surface area (Å²) < 4.78 is 37.5. The van der Waals surface area contributed by atoms with Gasteiger partial charge in [0, 0.05) is 11.1 Å². The minimum atomic E-state index is -4.21. The lowest BCUT2D eigenvalue weighted by Crippen LogP contribution is -2.16. The Hall–Kier alpha value is -3.63. The zero-order valence-electron chi connectivity index (χ0n) is 19.4. The molecule has 0 aliphatic carbocycles. The summed E-state index contributed by atoms with van der Waals surface area (Å²) >= 11 is 0. The molecule has 1 atom stereocenters. The van der Waals surface area contributed by atoms with E-state index in [-0.39, 0.29) is 6.61 Å². The molecule has 0 aliphatic rings. The highest BCUT2D eigenvalue weighted by atomic mass is 31.2. The number of hydrogen-bond acceptors (Lipinski definition) is 5. The fourth-order valence-electron chi connectivity index (χ4n) is 3.52. The van der Waals surface area contributed by atoms with Gasteiger partial charge in [0.25, 0.3) is 0 Å². The average molecular weight is 487 g/mol. The zero-order valence-corrected chi connectivity index (χ0v) is 20.3. The normalized spacial score (nSPS) is 12.0. The first-order chi connectivity index (χ1) is 17.1.